The molecule has 2 aromatic rings. The summed E-state index contributed by atoms with van der Waals surface area (Å²) in [6.07, 6.45) is 2.55. The van der Waals surface area contributed by atoms with Crippen LogP contribution in [0.2, 0.25) is 5.02 Å². The minimum Gasteiger partial charge on any atom is -0.490 e. The molecule has 0 saturated carbocycles. The van der Waals surface area contributed by atoms with Crippen molar-refractivity contribution >= 4 is 29.2 Å². The molecule has 0 aliphatic rings. The van der Waals surface area contributed by atoms with E-state index in [4.69, 9.17) is 16.3 Å². The molecule has 0 saturated heterocycles. The second kappa shape index (κ2) is 7.36. The van der Waals surface area contributed by atoms with Gasteiger partial charge >= 0.3 is 0 Å². The molecule has 0 amide bonds. The molecule has 1 aromatic heterocycles. The molecule has 0 aliphatic carbocycles. The summed E-state index contributed by atoms with van der Waals surface area (Å²) in [7, 11) is 1.62. The minimum atomic E-state index is 0.658. The largest absolute Gasteiger partial charge is 0.490 e. The van der Waals surface area contributed by atoms with Crippen molar-refractivity contribution in [3.63, 3.8) is 0 Å². The molecular weight excluding hydrogens is 294 g/mol. The molecular formula is C14H16ClN3OS. The molecule has 4 nitrogen and oxygen atoms in total. The SMILES string of the molecule is CCCNc1ncnc(Sc2cccc(Cl)c2)c1OC. The summed E-state index contributed by atoms with van der Waals surface area (Å²) in [5.41, 5.74) is 0. The van der Waals surface area contributed by atoms with Crippen LogP contribution < -0.4 is 10.1 Å². The van der Waals surface area contributed by atoms with Gasteiger partial charge in [-0.15, -0.1) is 0 Å². The Labute approximate surface area is 127 Å². The van der Waals surface area contributed by atoms with Crippen molar-refractivity contribution in [3.8, 4) is 5.75 Å². The number of methoxy groups -OCH3 is 1. The molecule has 1 heterocycles. The van der Waals surface area contributed by atoms with E-state index in [2.05, 4.69) is 22.2 Å². The Hall–Kier alpha value is -1.46. The summed E-state index contributed by atoms with van der Waals surface area (Å²) in [5.74, 6) is 1.37. The van der Waals surface area contributed by atoms with Gasteiger partial charge in [-0.2, -0.15) is 0 Å². The maximum atomic E-state index is 5.99. The maximum absolute atomic E-state index is 5.99. The molecule has 1 N–H and O–H groups in total. The zero-order valence-electron chi connectivity index (χ0n) is 11.4. The van der Waals surface area contributed by atoms with Crippen molar-refractivity contribution < 1.29 is 4.74 Å². The predicted octanol–water partition coefficient (Wildman–Crippen LogP) is 4.11. The summed E-state index contributed by atoms with van der Waals surface area (Å²) in [5, 5.41) is 4.70. The zero-order chi connectivity index (χ0) is 14.4. The van der Waals surface area contributed by atoms with Crippen LogP contribution >= 0.6 is 23.4 Å². The van der Waals surface area contributed by atoms with Crippen LogP contribution in [0.3, 0.4) is 0 Å². The first kappa shape index (κ1) is 14.9. The highest BCUT2D eigenvalue weighted by atomic mass is 35.5. The first-order valence-electron chi connectivity index (χ1n) is 6.31. The number of rotatable bonds is 6. The first-order chi connectivity index (χ1) is 9.74. The zero-order valence-corrected chi connectivity index (χ0v) is 13.0. The molecule has 0 fully saturated rings. The van der Waals surface area contributed by atoms with Gasteiger partial charge in [0.2, 0.25) is 0 Å². The highest BCUT2D eigenvalue weighted by Gasteiger charge is 2.13. The fourth-order valence-electron chi connectivity index (χ4n) is 1.63. The van der Waals surface area contributed by atoms with Crippen LogP contribution in [0.1, 0.15) is 13.3 Å². The van der Waals surface area contributed by atoms with Crippen molar-refractivity contribution in [2.45, 2.75) is 23.3 Å². The van der Waals surface area contributed by atoms with E-state index in [1.54, 1.807) is 7.11 Å². The maximum Gasteiger partial charge on any atom is 0.194 e. The van der Waals surface area contributed by atoms with E-state index in [1.807, 2.05) is 24.3 Å². The quantitative estimate of drug-likeness (QED) is 0.814. The Balaban J connectivity index is 2.26. The van der Waals surface area contributed by atoms with E-state index < -0.39 is 0 Å². The third-order valence-corrected chi connectivity index (χ3v) is 3.74. The minimum absolute atomic E-state index is 0.658. The van der Waals surface area contributed by atoms with Crippen LogP contribution in [0.4, 0.5) is 5.82 Å². The molecule has 0 radical (unpaired) electrons. The third-order valence-electron chi connectivity index (χ3n) is 2.53. The van der Waals surface area contributed by atoms with Crippen LogP contribution in [-0.2, 0) is 0 Å². The van der Waals surface area contributed by atoms with Gasteiger partial charge in [-0.25, -0.2) is 9.97 Å². The number of nitrogens with one attached hydrogen (secondary N) is 1. The number of ether oxygens (including phenoxy) is 1. The smallest absolute Gasteiger partial charge is 0.194 e. The van der Waals surface area contributed by atoms with Crippen molar-refractivity contribution in [2.24, 2.45) is 0 Å². The summed E-state index contributed by atoms with van der Waals surface area (Å²) in [6, 6.07) is 7.63. The monoisotopic (exact) mass is 309 g/mol. The topological polar surface area (TPSA) is 47.0 Å². The fraction of sp³-hybridized carbons (Fsp3) is 0.286. The molecule has 0 atom stereocenters. The molecule has 0 aliphatic heterocycles. The standard InChI is InChI=1S/C14H16ClN3OS/c1-3-7-16-13-12(19-2)14(18-9-17-13)20-11-6-4-5-10(15)8-11/h4-6,8-9H,3,7H2,1-2H3,(H,16,17,18). The van der Waals surface area contributed by atoms with Crippen LogP contribution in [0.5, 0.6) is 5.75 Å². The van der Waals surface area contributed by atoms with Gasteiger partial charge in [0.25, 0.3) is 0 Å². The van der Waals surface area contributed by atoms with Crippen molar-refractivity contribution in [1.29, 1.82) is 0 Å². The lowest BCUT2D eigenvalue weighted by atomic mass is 10.4. The number of hydrogen-bond acceptors (Lipinski definition) is 5. The summed E-state index contributed by atoms with van der Waals surface area (Å²) >= 11 is 7.49. The molecule has 0 unspecified atom stereocenters. The Morgan fingerprint density at radius 2 is 2.20 bits per heavy atom. The van der Waals surface area contributed by atoms with Crippen LogP contribution in [-0.4, -0.2) is 23.6 Å². The average molecular weight is 310 g/mol. The highest BCUT2D eigenvalue weighted by Crippen LogP contribution is 2.37. The van der Waals surface area contributed by atoms with Gasteiger partial charge in [0.1, 0.15) is 11.4 Å². The Bertz CT molecular complexity index is 580. The Morgan fingerprint density at radius 3 is 2.90 bits per heavy atom. The van der Waals surface area contributed by atoms with Crippen molar-refractivity contribution in [2.75, 3.05) is 19.0 Å². The lowest BCUT2D eigenvalue weighted by Gasteiger charge is -2.12. The van der Waals surface area contributed by atoms with E-state index in [-0.39, 0.29) is 0 Å². The molecule has 6 heteroatoms. The lowest BCUT2D eigenvalue weighted by Crippen LogP contribution is -2.05. The normalized spacial score (nSPS) is 10.3. The van der Waals surface area contributed by atoms with Gasteiger partial charge in [-0.05, 0) is 24.6 Å². The van der Waals surface area contributed by atoms with Gasteiger partial charge in [-0.1, -0.05) is 36.4 Å². The number of aromatic nitrogens is 2. The van der Waals surface area contributed by atoms with Gasteiger partial charge in [0, 0.05) is 16.5 Å². The summed E-state index contributed by atoms with van der Waals surface area (Å²) in [4.78, 5) is 9.52. The fourth-order valence-corrected chi connectivity index (χ4v) is 2.81. The van der Waals surface area contributed by atoms with E-state index in [0.717, 1.165) is 22.9 Å². The molecule has 106 valence electrons. The summed E-state index contributed by atoms with van der Waals surface area (Å²) < 4.78 is 5.43. The Kier molecular flexibility index (Phi) is 5.49. The highest BCUT2D eigenvalue weighted by molar-refractivity contribution is 7.99. The molecule has 2 rings (SSSR count). The number of benzene rings is 1. The van der Waals surface area contributed by atoms with E-state index in [9.17, 15) is 0 Å². The van der Waals surface area contributed by atoms with Gasteiger partial charge in [0.15, 0.2) is 11.6 Å². The molecule has 0 bridgehead atoms. The van der Waals surface area contributed by atoms with Gasteiger partial charge in [-0.3, -0.25) is 0 Å². The van der Waals surface area contributed by atoms with Crippen molar-refractivity contribution in [3.05, 3.63) is 35.6 Å². The average Bonchev–Trinajstić information content (AvgIpc) is 2.45. The second-order valence-corrected chi connectivity index (χ2v) is 5.55. The lowest BCUT2D eigenvalue weighted by molar-refractivity contribution is 0.400. The second-order valence-electron chi connectivity index (χ2n) is 4.05. The van der Waals surface area contributed by atoms with Crippen LogP contribution in [0.25, 0.3) is 0 Å². The van der Waals surface area contributed by atoms with E-state index in [1.165, 1.54) is 18.1 Å². The van der Waals surface area contributed by atoms with Crippen LogP contribution in [0, 0.1) is 0 Å². The number of anilines is 1. The van der Waals surface area contributed by atoms with E-state index >= 15 is 0 Å². The van der Waals surface area contributed by atoms with Crippen LogP contribution in [0.15, 0.2) is 40.5 Å². The predicted molar refractivity (Wildman–Crippen MR) is 82.9 cm³/mol. The third kappa shape index (κ3) is 3.77. The van der Waals surface area contributed by atoms with Gasteiger partial charge < -0.3 is 10.1 Å². The Morgan fingerprint density at radius 1 is 1.35 bits per heavy atom. The first-order valence-corrected chi connectivity index (χ1v) is 7.50. The number of halogens is 1. The molecule has 20 heavy (non-hydrogen) atoms. The number of nitrogens with zero attached hydrogens (tertiary/aromatic N) is 2. The van der Waals surface area contributed by atoms with E-state index in [0.29, 0.717) is 16.6 Å². The molecule has 0 spiro atoms. The van der Waals surface area contributed by atoms with Gasteiger partial charge in [0.05, 0.1) is 7.11 Å². The number of hydrogen-bond donors (Lipinski definition) is 1. The summed E-state index contributed by atoms with van der Waals surface area (Å²) in [6.45, 7) is 2.94. The molecule has 1 aromatic carbocycles. The van der Waals surface area contributed by atoms with Crippen molar-refractivity contribution in [1.82, 2.24) is 9.97 Å².